The van der Waals surface area contributed by atoms with Crippen LogP contribution in [0.1, 0.15) is 6.42 Å². The molecule has 0 bridgehead atoms. The van der Waals surface area contributed by atoms with Crippen molar-refractivity contribution in [1.82, 2.24) is 0 Å². The molecule has 2 unspecified atom stereocenters. The second-order valence-electron chi connectivity index (χ2n) is 4.53. The molecule has 0 radical (unpaired) electrons. The summed E-state index contributed by atoms with van der Waals surface area (Å²) >= 11 is 0. The zero-order valence-corrected chi connectivity index (χ0v) is 9.64. The number of piperidine rings is 1. The first-order chi connectivity index (χ1) is 8.47. The van der Waals surface area contributed by atoms with Crippen molar-refractivity contribution in [2.24, 2.45) is 11.7 Å². The fourth-order valence-electron chi connectivity index (χ4n) is 2.21. The molecule has 0 aliphatic carbocycles. The van der Waals surface area contributed by atoms with Crippen LogP contribution < -0.4 is 10.6 Å². The molecule has 18 heavy (non-hydrogen) atoms. The van der Waals surface area contributed by atoms with Crippen LogP contribution in [0, 0.1) is 17.6 Å². The summed E-state index contributed by atoms with van der Waals surface area (Å²) in [5.74, 6) is -3.37. The topological polar surface area (TPSA) is 66.6 Å². The first kappa shape index (κ1) is 12.8. The summed E-state index contributed by atoms with van der Waals surface area (Å²) in [7, 11) is 0. The zero-order chi connectivity index (χ0) is 13.3. The van der Waals surface area contributed by atoms with Gasteiger partial charge in [-0.3, -0.25) is 4.79 Å². The van der Waals surface area contributed by atoms with Gasteiger partial charge in [-0.15, -0.1) is 0 Å². The maximum atomic E-state index is 13.1. The SMILES string of the molecule is NC1CC(C(=O)O)CN(c2ccc(F)c(F)c2)C1. The monoisotopic (exact) mass is 256 g/mol. The minimum atomic E-state index is -0.946. The molecule has 2 atom stereocenters. The fraction of sp³-hybridized carbons (Fsp3) is 0.417. The first-order valence-corrected chi connectivity index (χ1v) is 5.65. The molecule has 4 nitrogen and oxygen atoms in total. The van der Waals surface area contributed by atoms with Gasteiger partial charge in [-0.1, -0.05) is 0 Å². The number of rotatable bonds is 2. The summed E-state index contributed by atoms with van der Waals surface area (Å²) in [5, 5.41) is 9.00. The Labute approximate surface area is 103 Å². The van der Waals surface area contributed by atoms with Crippen molar-refractivity contribution in [2.45, 2.75) is 12.5 Å². The van der Waals surface area contributed by atoms with E-state index >= 15 is 0 Å². The lowest BCUT2D eigenvalue weighted by molar-refractivity contribution is -0.142. The van der Waals surface area contributed by atoms with Gasteiger partial charge in [0.1, 0.15) is 0 Å². The maximum absolute atomic E-state index is 13.1. The highest BCUT2D eigenvalue weighted by atomic mass is 19.2. The standard InChI is InChI=1S/C12H14F2N2O2/c13-10-2-1-9(4-11(10)14)16-5-7(12(17)18)3-8(15)6-16/h1-2,4,7-8H,3,5-6,15H2,(H,17,18). The van der Waals surface area contributed by atoms with Crippen LogP contribution in [-0.2, 0) is 4.79 Å². The Morgan fingerprint density at radius 2 is 2.06 bits per heavy atom. The number of anilines is 1. The molecule has 2 rings (SSSR count). The van der Waals surface area contributed by atoms with Crippen LogP contribution in [0.5, 0.6) is 0 Å². The van der Waals surface area contributed by atoms with E-state index in [4.69, 9.17) is 10.8 Å². The van der Waals surface area contributed by atoms with E-state index in [0.29, 0.717) is 18.7 Å². The first-order valence-electron chi connectivity index (χ1n) is 5.65. The number of nitrogens with zero attached hydrogens (tertiary/aromatic N) is 1. The smallest absolute Gasteiger partial charge is 0.308 e. The Bertz CT molecular complexity index is 467. The van der Waals surface area contributed by atoms with Crippen LogP contribution in [-0.4, -0.2) is 30.2 Å². The van der Waals surface area contributed by atoms with Crippen molar-refractivity contribution in [1.29, 1.82) is 0 Å². The third-order valence-corrected chi connectivity index (χ3v) is 3.10. The lowest BCUT2D eigenvalue weighted by Gasteiger charge is -2.36. The summed E-state index contributed by atoms with van der Waals surface area (Å²) in [6.07, 6.45) is 0.398. The van der Waals surface area contributed by atoms with Gasteiger partial charge in [-0.05, 0) is 18.6 Å². The molecule has 3 N–H and O–H groups in total. The molecular weight excluding hydrogens is 242 g/mol. The Hall–Kier alpha value is -1.69. The molecule has 6 heteroatoms. The number of carbonyl (C=O) groups is 1. The second-order valence-corrected chi connectivity index (χ2v) is 4.53. The van der Waals surface area contributed by atoms with E-state index in [1.165, 1.54) is 6.07 Å². The van der Waals surface area contributed by atoms with E-state index < -0.39 is 23.5 Å². The Morgan fingerprint density at radius 1 is 1.33 bits per heavy atom. The maximum Gasteiger partial charge on any atom is 0.308 e. The largest absolute Gasteiger partial charge is 0.481 e. The van der Waals surface area contributed by atoms with Gasteiger partial charge in [0.2, 0.25) is 0 Å². The van der Waals surface area contributed by atoms with Gasteiger partial charge in [-0.25, -0.2) is 8.78 Å². The number of hydrogen-bond acceptors (Lipinski definition) is 3. The molecule has 1 fully saturated rings. The average molecular weight is 256 g/mol. The van der Waals surface area contributed by atoms with E-state index in [9.17, 15) is 13.6 Å². The van der Waals surface area contributed by atoms with Gasteiger partial charge in [0.25, 0.3) is 0 Å². The molecular formula is C12H14F2N2O2. The molecule has 0 aromatic heterocycles. The summed E-state index contributed by atoms with van der Waals surface area (Å²) in [4.78, 5) is 12.7. The lowest BCUT2D eigenvalue weighted by Crippen LogP contribution is -2.49. The summed E-state index contributed by atoms with van der Waals surface area (Å²) in [6, 6.07) is 3.23. The van der Waals surface area contributed by atoms with E-state index in [1.807, 2.05) is 0 Å². The number of carboxylic acids is 1. The number of carboxylic acid groups (broad SMARTS) is 1. The number of benzene rings is 1. The Morgan fingerprint density at radius 3 is 2.67 bits per heavy atom. The van der Waals surface area contributed by atoms with E-state index in [2.05, 4.69) is 0 Å². The summed E-state index contributed by atoms with van der Waals surface area (Å²) in [6.45, 7) is 0.697. The third-order valence-electron chi connectivity index (χ3n) is 3.10. The normalized spacial score (nSPS) is 24.1. The predicted octanol–water partition coefficient (Wildman–Crippen LogP) is 1.20. The lowest BCUT2D eigenvalue weighted by atomic mass is 9.94. The van der Waals surface area contributed by atoms with Crippen LogP contribution in [0.2, 0.25) is 0 Å². The minimum Gasteiger partial charge on any atom is -0.481 e. The van der Waals surface area contributed by atoms with Gasteiger partial charge >= 0.3 is 5.97 Å². The van der Waals surface area contributed by atoms with Gasteiger partial charge in [0.05, 0.1) is 5.92 Å². The van der Waals surface area contributed by atoms with Crippen molar-refractivity contribution in [3.8, 4) is 0 Å². The van der Waals surface area contributed by atoms with E-state index in [-0.39, 0.29) is 12.6 Å². The summed E-state index contributed by atoms with van der Waals surface area (Å²) < 4.78 is 26.0. The number of aliphatic carboxylic acids is 1. The molecule has 98 valence electrons. The minimum absolute atomic E-state index is 0.258. The average Bonchev–Trinajstić information content (AvgIpc) is 2.31. The van der Waals surface area contributed by atoms with Crippen molar-refractivity contribution in [2.75, 3.05) is 18.0 Å². The molecule has 0 spiro atoms. The molecule has 1 saturated heterocycles. The highest BCUT2D eigenvalue weighted by Crippen LogP contribution is 2.24. The zero-order valence-electron chi connectivity index (χ0n) is 9.64. The molecule has 1 aliphatic heterocycles. The number of halogens is 2. The second kappa shape index (κ2) is 4.89. The highest BCUT2D eigenvalue weighted by molar-refractivity contribution is 5.71. The van der Waals surface area contributed by atoms with Gasteiger partial charge in [-0.2, -0.15) is 0 Å². The van der Waals surface area contributed by atoms with Gasteiger partial charge in [0.15, 0.2) is 11.6 Å². The van der Waals surface area contributed by atoms with Crippen molar-refractivity contribution in [3.63, 3.8) is 0 Å². The van der Waals surface area contributed by atoms with E-state index in [0.717, 1.165) is 12.1 Å². The molecule has 1 aromatic rings. The van der Waals surface area contributed by atoms with Crippen LogP contribution in [0.3, 0.4) is 0 Å². The molecule has 1 aromatic carbocycles. The van der Waals surface area contributed by atoms with E-state index in [1.54, 1.807) is 4.90 Å². The van der Waals surface area contributed by atoms with Crippen LogP contribution in [0.25, 0.3) is 0 Å². The molecule has 1 heterocycles. The van der Waals surface area contributed by atoms with Crippen molar-refractivity contribution in [3.05, 3.63) is 29.8 Å². The third kappa shape index (κ3) is 2.59. The van der Waals surface area contributed by atoms with Crippen molar-refractivity contribution < 1.29 is 18.7 Å². The summed E-state index contributed by atoms with van der Waals surface area (Å²) in [5.41, 5.74) is 6.24. The van der Waals surface area contributed by atoms with Gasteiger partial charge < -0.3 is 15.7 Å². The van der Waals surface area contributed by atoms with Gasteiger partial charge in [0, 0.05) is 30.9 Å². The van der Waals surface area contributed by atoms with Crippen LogP contribution in [0.4, 0.5) is 14.5 Å². The van der Waals surface area contributed by atoms with Crippen LogP contribution in [0.15, 0.2) is 18.2 Å². The molecule has 0 saturated carbocycles. The highest BCUT2D eigenvalue weighted by Gasteiger charge is 2.30. The Balaban J connectivity index is 2.21. The molecule has 1 aliphatic rings. The predicted molar refractivity (Wildman–Crippen MR) is 62.3 cm³/mol. The van der Waals surface area contributed by atoms with Crippen molar-refractivity contribution >= 4 is 11.7 Å². The molecule has 0 amide bonds. The van der Waals surface area contributed by atoms with Crippen LogP contribution >= 0.6 is 0 Å². The number of nitrogens with two attached hydrogens (primary N) is 1. The fourth-order valence-corrected chi connectivity index (χ4v) is 2.21. The quantitative estimate of drug-likeness (QED) is 0.834. The number of hydrogen-bond donors (Lipinski definition) is 2. The Kier molecular flexibility index (Phi) is 3.47.